The van der Waals surface area contributed by atoms with E-state index in [1.807, 2.05) is 12.3 Å². The minimum atomic E-state index is -0.655. The van der Waals surface area contributed by atoms with E-state index in [1.165, 1.54) is 16.2 Å². The Labute approximate surface area is 167 Å². The average molecular weight is 402 g/mol. The zero-order valence-electron chi connectivity index (χ0n) is 15.6. The summed E-state index contributed by atoms with van der Waals surface area (Å²) in [6.07, 6.45) is 1.26. The summed E-state index contributed by atoms with van der Waals surface area (Å²) in [5.74, 6) is -0.650. The highest BCUT2D eigenvalue weighted by Crippen LogP contribution is 2.24. The van der Waals surface area contributed by atoms with Gasteiger partial charge < -0.3 is 19.7 Å². The lowest BCUT2D eigenvalue weighted by Crippen LogP contribution is -2.41. The minimum Gasteiger partial charge on any atom is -0.492 e. The minimum absolute atomic E-state index is 0.176. The Bertz CT molecular complexity index is 837. The first-order chi connectivity index (χ1) is 13.6. The lowest BCUT2D eigenvalue weighted by atomic mass is 10.2. The number of ether oxygens (including phenoxy) is 2. The van der Waals surface area contributed by atoms with E-state index in [4.69, 9.17) is 9.47 Å². The van der Waals surface area contributed by atoms with Crippen LogP contribution in [-0.2, 0) is 14.3 Å². The number of hydrogen-bond donors (Lipinski definition) is 1. The van der Waals surface area contributed by atoms with Crippen molar-refractivity contribution in [2.75, 3.05) is 25.1 Å². The zero-order chi connectivity index (χ0) is 19.9. The Morgan fingerprint density at radius 2 is 2.04 bits per heavy atom. The van der Waals surface area contributed by atoms with Crippen LogP contribution in [0.25, 0.3) is 0 Å². The van der Waals surface area contributed by atoms with Crippen LogP contribution in [0.2, 0.25) is 0 Å². The van der Waals surface area contributed by atoms with Crippen LogP contribution in [0.3, 0.4) is 0 Å². The number of nitrogens with zero attached hydrogens (tertiary/aromatic N) is 1. The summed E-state index contributed by atoms with van der Waals surface area (Å²) in [5, 5.41) is 4.50. The van der Waals surface area contributed by atoms with Crippen molar-refractivity contribution in [2.24, 2.45) is 0 Å². The van der Waals surface area contributed by atoms with Gasteiger partial charge in [-0.05, 0) is 43.3 Å². The summed E-state index contributed by atoms with van der Waals surface area (Å²) in [6, 6.07) is 9.92. The number of amides is 2. The molecule has 1 N–H and O–H groups in total. The maximum absolute atomic E-state index is 12.5. The molecule has 1 aliphatic heterocycles. The standard InChI is InChI=1S/C20H22N2O5S/c1-2-26-16-9-4-3-7-14(16)21-18(23)13-27-20(25)15-8-5-11-22(15)19(24)17-10-6-12-28-17/h3-4,6-7,9-10,12,15H,2,5,8,11,13H2,1H3,(H,21,23). The first-order valence-corrected chi connectivity index (χ1v) is 10.0. The van der Waals surface area contributed by atoms with Crippen molar-refractivity contribution in [1.29, 1.82) is 0 Å². The lowest BCUT2D eigenvalue weighted by Gasteiger charge is -2.22. The second kappa shape index (κ2) is 9.36. The van der Waals surface area contributed by atoms with Crippen LogP contribution in [-0.4, -0.2) is 48.5 Å². The van der Waals surface area contributed by atoms with Crippen LogP contribution in [0, 0.1) is 0 Å². The number of carbonyl (C=O) groups is 3. The molecular formula is C20H22N2O5S. The molecular weight excluding hydrogens is 380 g/mol. The van der Waals surface area contributed by atoms with Gasteiger partial charge in [0.2, 0.25) is 0 Å². The molecule has 1 atom stereocenters. The smallest absolute Gasteiger partial charge is 0.329 e. The van der Waals surface area contributed by atoms with Gasteiger partial charge in [-0.3, -0.25) is 9.59 Å². The fourth-order valence-electron chi connectivity index (χ4n) is 3.07. The van der Waals surface area contributed by atoms with Crippen LogP contribution in [0.4, 0.5) is 5.69 Å². The number of hydrogen-bond acceptors (Lipinski definition) is 6. The van der Waals surface area contributed by atoms with Crippen LogP contribution < -0.4 is 10.1 Å². The molecule has 0 bridgehead atoms. The van der Waals surface area contributed by atoms with Crippen molar-refractivity contribution in [3.63, 3.8) is 0 Å². The summed E-state index contributed by atoms with van der Waals surface area (Å²) < 4.78 is 10.6. The van der Waals surface area contributed by atoms with Crippen molar-refractivity contribution in [3.05, 3.63) is 46.7 Å². The number of likely N-dealkylation sites (tertiary alicyclic amines) is 1. The summed E-state index contributed by atoms with van der Waals surface area (Å²) in [5.41, 5.74) is 0.515. The van der Waals surface area contributed by atoms with Gasteiger partial charge in [-0.15, -0.1) is 11.3 Å². The Balaban J connectivity index is 1.55. The van der Waals surface area contributed by atoms with E-state index in [1.54, 1.807) is 36.4 Å². The Hall–Kier alpha value is -2.87. The topological polar surface area (TPSA) is 84.9 Å². The van der Waals surface area contributed by atoms with Gasteiger partial charge in [-0.25, -0.2) is 4.79 Å². The van der Waals surface area contributed by atoms with E-state index in [9.17, 15) is 14.4 Å². The summed E-state index contributed by atoms with van der Waals surface area (Å²) in [6.45, 7) is 2.41. The zero-order valence-corrected chi connectivity index (χ0v) is 16.4. The van der Waals surface area contributed by atoms with Gasteiger partial charge in [-0.1, -0.05) is 18.2 Å². The first-order valence-electron chi connectivity index (χ1n) is 9.13. The molecule has 148 valence electrons. The number of esters is 1. The second-order valence-electron chi connectivity index (χ2n) is 6.22. The molecule has 2 aromatic rings. The molecule has 2 amide bonds. The predicted octanol–water partition coefficient (Wildman–Crippen LogP) is 2.93. The molecule has 1 unspecified atom stereocenters. The number of rotatable bonds is 7. The number of para-hydroxylation sites is 2. The number of carbonyl (C=O) groups excluding carboxylic acids is 3. The van der Waals surface area contributed by atoms with Gasteiger partial charge in [0.25, 0.3) is 11.8 Å². The van der Waals surface area contributed by atoms with Crippen molar-refractivity contribution in [1.82, 2.24) is 4.90 Å². The second-order valence-corrected chi connectivity index (χ2v) is 7.17. The summed E-state index contributed by atoms with van der Waals surface area (Å²) in [7, 11) is 0. The number of nitrogens with one attached hydrogen (secondary N) is 1. The fraction of sp³-hybridized carbons (Fsp3) is 0.350. The third kappa shape index (κ3) is 4.69. The molecule has 1 aliphatic rings. The SMILES string of the molecule is CCOc1ccccc1NC(=O)COC(=O)C1CCCN1C(=O)c1cccs1. The van der Waals surface area contributed by atoms with Gasteiger partial charge in [0.05, 0.1) is 17.2 Å². The molecule has 8 heteroatoms. The predicted molar refractivity (Wildman–Crippen MR) is 106 cm³/mol. The monoisotopic (exact) mass is 402 g/mol. The molecule has 0 radical (unpaired) electrons. The molecule has 1 aromatic carbocycles. The van der Waals surface area contributed by atoms with E-state index < -0.39 is 24.5 Å². The van der Waals surface area contributed by atoms with Gasteiger partial charge in [0, 0.05) is 6.54 Å². The van der Waals surface area contributed by atoms with E-state index in [0.717, 1.165) is 6.42 Å². The number of anilines is 1. The van der Waals surface area contributed by atoms with E-state index in [2.05, 4.69) is 5.32 Å². The van der Waals surface area contributed by atoms with Crippen molar-refractivity contribution in [3.8, 4) is 5.75 Å². The Kier molecular flexibility index (Phi) is 6.65. The molecule has 0 aliphatic carbocycles. The maximum Gasteiger partial charge on any atom is 0.329 e. The summed E-state index contributed by atoms with van der Waals surface area (Å²) >= 11 is 1.34. The molecule has 0 spiro atoms. The van der Waals surface area contributed by atoms with Crippen LogP contribution in [0.5, 0.6) is 5.75 Å². The third-order valence-electron chi connectivity index (χ3n) is 4.32. The van der Waals surface area contributed by atoms with Crippen molar-refractivity contribution >= 4 is 34.8 Å². The number of benzene rings is 1. The largest absolute Gasteiger partial charge is 0.492 e. The molecule has 2 heterocycles. The normalized spacial score (nSPS) is 15.9. The van der Waals surface area contributed by atoms with Crippen molar-refractivity contribution < 1.29 is 23.9 Å². The van der Waals surface area contributed by atoms with Gasteiger partial charge in [0.15, 0.2) is 6.61 Å². The Morgan fingerprint density at radius 3 is 2.79 bits per heavy atom. The van der Waals surface area contributed by atoms with Crippen LogP contribution in [0.15, 0.2) is 41.8 Å². The molecule has 0 saturated carbocycles. The van der Waals surface area contributed by atoms with Crippen LogP contribution in [0.1, 0.15) is 29.4 Å². The molecule has 1 fully saturated rings. The maximum atomic E-state index is 12.5. The van der Waals surface area contributed by atoms with Crippen LogP contribution >= 0.6 is 11.3 Å². The fourth-order valence-corrected chi connectivity index (χ4v) is 3.75. The molecule has 3 rings (SSSR count). The first kappa shape index (κ1) is 19.9. The Morgan fingerprint density at radius 1 is 1.21 bits per heavy atom. The number of thiophene rings is 1. The van der Waals surface area contributed by atoms with E-state index >= 15 is 0 Å². The quantitative estimate of drug-likeness (QED) is 0.720. The van der Waals surface area contributed by atoms with Gasteiger partial charge in [0.1, 0.15) is 11.8 Å². The highest BCUT2D eigenvalue weighted by atomic mass is 32.1. The van der Waals surface area contributed by atoms with Crippen molar-refractivity contribution in [2.45, 2.75) is 25.8 Å². The van der Waals surface area contributed by atoms with Gasteiger partial charge in [-0.2, -0.15) is 0 Å². The third-order valence-corrected chi connectivity index (χ3v) is 5.18. The van der Waals surface area contributed by atoms with E-state index in [0.29, 0.717) is 35.9 Å². The highest BCUT2D eigenvalue weighted by molar-refractivity contribution is 7.12. The highest BCUT2D eigenvalue weighted by Gasteiger charge is 2.36. The van der Waals surface area contributed by atoms with Gasteiger partial charge >= 0.3 is 5.97 Å². The van der Waals surface area contributed by atoms with E-state index in [-0.39, 0.29) is 5.91 Å². The average Bonchev–Trinajstić information content (AvgIpc) is 3.39. The lowest BCUT2D eigenvalue weighted by molar-refractivity contribution is -0.151. The molecule has 7 nitrogen and oxygen atoms in total. The summed E-state index contributed by atoms with van der Waals surface area (Å²) in [4.78, 5) is 39.3. The molecule has 1 aromatic heterocycles. The molecule has 28 heavy (non-hydrogen) atoms. The molecule has 1 saturated heterocycles.